The lowest BCUT2D eigenvalue weighted by molar-refractivity contribution is 0.635. The summed E-state index contributed by atoms with van der Waals surface area (Å²) in [6, 6.07) is 7.27. The topological polar surface area (TPSA) is 86.2 Å². The van der Waals surface area contributed by atoms with Crippen molar-refractivity contribution in [1.29, 1.82) is 0 Å². The number of imidazole rings is 1. The van der Waals surface area contributed by atoms with Gasteiger partial charge >= 0.3 is 5.69 Å². The van der Waals surface area contributed by atoms with Gasteiger partial charge in [-0.3, -0.25) is 13.9 Å². The number of anilines is 1. The summed E-state index contributed by atoms with van der Waals surface area (Å²) in [5, 5.41) is 4.69. The molecule has 0 atom stereocenters. The molecule has 9 heteroatoms. The van der Waals surface area contributed by atoms with E-state index in [0.717, 1.165) is 5.56 Å². The zero-order valence-corrected chi connectivity index (χ0v) is 14.8. The van der Waals surface area contributed by atoms with Crippen LogP contribution in [0.4, 0.5) is 5.95 Å². The summed E-state index contributed by atoms with van der Waals surface area (Å²) in [6.07, 6.45) is 1.56. The molecule has 0 amide bonds. The largest absolute Gasteiger partial charge is 0.332 e. The highest BCUT2D eigenvalue weighted by Crippen LogP contribution is 2.14. The molecule has 0 bridgehead atoms. The molecule has 2 heterocycles. The lowest BCUT2D eigenvalue weighted by Gasteiger charge is -2.05. The molecule has 0 radical (unpaired) electrons. The van der Waals surface area contributed by atoms with E-state index in [1.807, 2.05) is 18.2 Å². The van der Waals surface area contributed by atoms with Crippen molar-refractivity contribution in [2.75, 3.05) is 5.43 Å². The Hall–Kier alpha value is -2.87. The number of benzene rings is 1. The van der Waals surface area contributed by atoms with Gasteiger partial charge in [0.15, 0.2) is 11.2 Å². The monoisotopic (exact) mass is 360 g/mol. The Labute approximate surface area is 148 Å². The van der Waals surface area contributed by atoms with Crippen LogP contribution in [-0.2, 0) is 20.6 Å². The minimum Gasteiger partial charge on any atom is -0.306 e. The van der Waals surface area contributed by atoms with E-state index in [9.17, 15) is 9.59 Å². The maximum Gasteiger partial charge on any atom is 0.332 e. The smallest absolute Gasteiger partial charge is 0.306 e. The van der Waals surface area contributed by atoms with Crippen LogP contribution < -0.4 is 16.7 Å². The molecule has 3 rings (SSSR count). The quantitative estimate of drug-likeness (QED) is 0.565. The van der Waals surface area contributed by atoms with Gasteiger partial charge in [-0.2, -0.15) is 10.1 Å². The number of nitrogens with one attached hydrogen (secondary N) is 1. The molecule has 0 spiro atoms. The first-order chi connectivity index (χ1) is 12.0. The third kappa shape index (κ3) is 2.85. The molecule has 0 aliphatic carbocycles. The molecule has 2 aromatic heterocycles. The van der Waals surface area contributed by atoms with Crippen molar-refractivity contribution < 1.29 is 0 Å². The van der Waals surface area contributed by atoms with Gasteiger partial charge in [0.05, 0.1) is 6.21 Å². The fourth-order valence-corrected chi connectivity index (χ4v) is 2.75. The normalized spacial score (nSPS) is 11.5. The molecule has 0 saturated carbocycles. The number of nitrogens with zero attached hydrogens (tertiary/aromatic N) is 5. The van der Waals surface area contributed by atoms with E-state index in [1.54, 1.807) is 37.9 Å². The first-order valence-corrected chi connectivity index (χ1v) is 8.03. The fraction of sp³-hybridized carbons (Fsp3) is 0.250. The molecule has 1 N–H and O–H groups in total. The molecule has 130 valence electrons. The molecule has 0 aliphatic rings. The van der Waals surface area contributed by atoms with Gasteiger partial charge in [-0.25, -0.2) is 10.2 Å². The SMILES string of the molecule is CCn1c(=O)c2c(nc(N/N=C\c3ccccc3Cl)n2C)n(C)c1=O. The number of hydrazone groups is 1. The predicted octanol–water partition coefficient (Wildman–Crippen LogP) is 1.55. The number of aromatic nitrogens is 4. The molecule has 0 fully saturated rings. The maximum absolute atomic E-state index is 12.5. The van der Waals surface area contributed by atoms with Crippen LogP contribution in [0.5, 0.6) is 0 Å². The van der Waals surface area contributed by atoms with Crippen LogP contribution >= 0.6 is 11.6 Å². The molecular weight excluding hydrogens is 344 g/mol. The van der Waals surface area contributed by atoms with Crippen LogP contribution in [0.25, 0.3) is 11.2 Å². The third-order valence-corrected chi connectivity index (χ3v) is 4.29. The lowest BCUT2D eigenvalue weighted by Crippen LogP contribution is -2.39. The second kappa shape index (κ2) is 6.56. The molecule has 3 aromatic rings. The minimum atomic E-state index is -0.399. The highest BCUT2D eigenvalue weighted by Gasteiger charge is 2.17. The second-order valence-electron chi connectivity index (χ2n) is 5.45. The molecular formula is C16H17ClN6O2. The van der Waals surface area contributed by atoms with Crippen LogP contribution in [0.2, 0.25) is 5.02 Å². The number of halogens is 1. The Morgan fingerprint density at radius 3 is 2.64 bits per heavy atom. The van der Waals surface area contributed by atoms with Gasteiger partial charge < -0.3 is 4.57 Å². The van der Waals surface area contributed by atoms with E-state index in [4.69, 9.17) is 11.6 Å². The minimum absolute atomic E-state index is 0.292. The van der Waals surface area contributed by atoms with Gasteiger partial charge in [0.2, 0.25) is 5.95 Å². The second-order valence-corrected chi connectivity index (χ2v) is 5.86. The Balaban J connectivity index is 2.04. The van der Waals surface area contributed by atoms with Crippen LogP contribution in [0.1, 0.15) is 12.5 Å². The van der Waals surface area contributed by atoms with Crippen molar-refractivity contribution in [1.82, 2.24) is 18.7 Å². The molecule has 0 unspecified atom stereocenters. The number of hydrogen-bond acceptors (Lipinski definition) is 5. The third-order valence-electron chi connectivity index (χ3n) is 3.95. The summed E-state index contributed by atoms with van der Waals surface area (Å²) < 4.78 is 4.09. The van der Waals surface area contributed by atoms with Gasteiger partial charge in [0.1, 0.15) is 0 Å². The van der Waals surface area contributed by atoms with Crippen LogP contribution in [0.3, 0.4) is 0 Å². The zero-order chi connectivity index (χ0) is 18.1. The Morgan fingerprint density at radius 2 is 1.96 bits per heavy atom. The molecule has 0 aliphatic heterocycles. The van der Waals surface area contributed by atoms with E-state index in [0.29, 0.717) is 28.7 Å². The van der Waals surface area contributed by atoms with Crippen molar-refractivity contribution >= 4 is 34.9 Å². The highest BCUT2D eigenvalue weighted by atomic mass is 35.5. The van der Waals surface area contributed by atoms with Gasteiger partial charge in [0.25, 0.3) is 5.56 Å². The number of rotatable bonds is 4. The number of fused-ring (bicyclic) bond motifs is 1. The standard InChI is InChI=1S/C16H17ClN6O2/c1-4-23-14(24)12-13(22(3)16(23)25)19-15(21(12)2)20-18-9-10-7-5-6-8-11(10)17/h5-9H,4H2,1-3H3,(H,19,20)/b18-9-. The number of hydrogen-bond donors (Lipinski definition) is 1. The van der Waals surface area contributed by atoms with Crippen LogP contribution in [-0.4, -0.2) is 24.9 Å². The van der Waals surface area contributed by atoms with Gasteiger partial charge in [-0.1, -0.05) is 29.8 Å². The van der Waals surface area contributed by atoms with E-state index >= 15 is 0 Å². The van der Waals surface area contributed by atoms with Crippen molar-refractivity contribution in [3.8, 4) is 0 Å². The van der Waals surface area contributed by atoms with E-state index in [-0.39, 0.29) is 5.56 Å². The van der Waals surface area contributed by atoms with Crippen molar-refractivity contribution in [2.45, 2.75) is 13.5 Å². The summed E-state index contributed by atoms with van der Waals surface area (Å²) in [4.78, 5) is 29.0. The molecule has 25 heavy (non-hydrogen) atoms. The van der Waals surface area contributed by atoms with Gasteiger partial charge in [-0.15, -0.1) is 0 Å². The first kappa shape index (κ1) is 17.0. The first-order valence-electron chi connectivity index (χ1n) is 7.65. The Bertz CT molecular complexity index is 1090. The van der Waals surface area contributed by atoms with E-state index in [1.165, 1.54) is 9.13 Å². The van der Waals surface area contributed by atoms with E-state index in [2.05, 4.69) is 15.5 Å². The van der Waals surface area contributed by atoms with Gasteiger partial charge in [0, 0.05) is 31.2 Å². The molecule has 0 saturated heterocycles. The van der Waals surface area contributed by atoms with E-state index < -0.39 is 5.69 Å². The predicted molar refractivity (Wildman–Crippen MR) is 98.6 cm³/mol. The number of aryl methyl sites for hydroxylation is 2. The average Bonchev–Trinajstić information content (AvgIpc) is 2.92. The van der Waals surface area contributed by atoms with Crippen molar-refractivity contribution in [2.24, 2.45) is 19.2 Å². The van der Waals surface area contributed by atoms with Crippen molar-refractivity contribution in [3.63, 3.8) is 0 Å². The fourth-order valence-electron chi connectivity index (χ4n) is 2.56. The van der Waals surface area contributed by atoms with Crippen molar-refractivity contribution in [3.05, 3.63) is 55.7 Å². The van der Waals surface area contributed by atoms with Crippen LogP contribution in [0, 0.1) is 0 Å². The lowest BCUT2D eigenvalue weighted by atomic mass is 10.2. The summed E-state index contributed by atoms with van der Waals surface area (Å²) in [7, 11) is 3.27. The molecule has 1 aromatic carbocycles. The zero-order valence-electron chi connectivity index (χ0n) is 14.0. The van der Waals surface area contributed by atoms with Gasteiger partial charge in [-0.05, 0) is 13.0 Å². The Morgan fingerprint density at radius 1 is 1.24 bits per heavy atom. The maximum atomic E-state index is 12.5. The summed E-state index contributed by atoms with van der Waals surface area (Å²) in [5.41, 5.74) is 3.40. The van der Waals surface area contributed by atoms with Crippen LogP contribution in [0.15, 0.2) is 39.0 Å². The summed E-state index contributed by atoms with van der Waals surface area (Å²) in [5.74, 6) is 0.347. The summed E-state index contributed by atoms with van der Waals surface area (Å²) >= 11 is 6.07. The molecule has 8 nitrogen and oxygen atoms in total. The Kier molecular flexibility index (Phi) is 4.45. The highest BCUT2D eigenvalue weighted by molar-refractivity contribution is 6.33. The average molecular weight is 361 g/mol. The summed E-state index contributed by atoms with van der Waals surface area (Å²) in [6.45, 7) is 2.04.